The van der Waals surface area contributed by atoms with Crippen molar-refractivity contribution in [2.45, 2.75) is 80.4 Å². The lowest BCUT2D eigenvalue weighted by Gasteiger charge is -2.45. The van der Waals surface area contributed by atoms with Crippen molar-refractivity contribution < 1.29 is 18.3 Å². The second-order valence-corrected chi connectivity index (χ2v) is 16.7. The van der Waals surface area contributed by atoms with Crippen molar-refractivity contribution >= 4 is 65.7 Å². The summed E-state index contributed by atoms with van der Waals surface area (Å²) in [6.45, 7) is 6.88. The lowest BCUT2D eigenvalue weighted by molar-refractivity contribution is 0.0689. The fourth-order valence-corrected chi connectivity index (χ4v) is 10.1. The van der Waals surface area contributed by atoms with Crippen LogP contribution in [0.25, 0.3) is 0 Å². The first kappa shape index (κ1) is 34.7. The van der Waals surface area contributed by atoms with E-state index in [4.69, 9.17) is 20.9 Å². The predicted octanol–water partition coefficient (Wildman–Crippen LogP) is 8.24. The molecule has 43 heavy (non-hydrogen) atoms. The highest BCUT2D eigenvalue weighted by atomic mass is 79.9. The monoisotopic (exact) mass is 760 g/mol. The summed E-state index contributed by atoms with van der Waals surface area (Å²) >= 11 is 10.1. The van der Waals surface area contributed by atoms with Crippen molar-refractivity contribution in [2.75, 3.05) is 26.4 Å². The molecule has 2 spiro atoms. The smallest absolute Gasteiger partial charge is 0.155 e. The van der Waals surface area contributed by atoms with Crippen LogP contribution in [0.4, 0.5) is 8.78 Å². The van der Waals surface area contributed by atoms with Crippen LogP contribution in [0.15, 0.2) is 55.3 Å². The average Bonchev–Trinajstić information content (AvgIpc) is 2.91. The second-order valence-electron chi connectivity index (χ2n) is 11.8. The van der Waals surface area contributed by atoms with Gasteiger partial charge < -0.3 is 20.9 Å². The zero-order valence-corrected chi connectivity index (χ0v) is 28.5. The van der Waals surface area contributed by atoms with Gasteiger partial charge in [0.25, 0.3) is 0 Å². The number of nitrogens with zero attached hydrogens (tertiary/aromatic N) is 2. The van der Waals surface area contributed by atoms with Crippen molar-refractivity contribution in [3.05, 3.63) is 68.1 Å². The molecule has 0 amide bonds. The highest BCUT2D eigenvalue weighted by molar-refractivity contribution is 9.10. The Hall–Kier alpha value is -1.18. The Labute approximate surface area is 278 Å². The zero-order valence-electron chi connectivity index (χ0n) is 23.7. The molecule has 2 fully saturated rings. The van der Waals surface area contributed by atoms with E-state index in [0.717, 1.165) is 73.9 Å². The van der Waals surface area contributed by atoms with Crippen molar-refractivity contribution in [2.24, 2.45) is 21.5 Å². The van der Waals surface area contributed by atoms with E-state index < -0.39 is 11.1 Å². The minimum Gasteiger partial charge on any atom is -0.381 e. The SMILES string of the molecule is C.C[C@@]1(c2cc(Br)ccc2F)CC2(CCOCC2)SC(N)=N1.C[C@]1(c2cc(Br)ccc2F)CC2(CCOCC2)SC(N)=N1. The van der Waals surface area contributed by atoms with Gasteiger partial charge in [-0.15, -0.1) is 0 Å². The van der Waals surface area contributed by atoms with Gasteiger partial charge in [-0.1, -0.05) is 62.8 Å². The number of aliphatic imine (C=N–C) groups is 2. The number of nitrogens with two attached hydrogens (primary N) is 2. The Balaban J connectivity index is 0.000000192. The predicted molar refractivity (Wildman–Crippen MR) is 183 cm³/mol. The molecule has 6 rings (SSSR count). The summed E-state index contributed by atoms with van der Waals surface area (Å²) < 4.78 is 41.3. The minimum absolute atomic E-state index is 0. The van der Waals surface area contributed by atoms with E-state index in [1.165, 1.54) is 12.1 Å². The number of hydrogen-bond acceptors (Lipinski definition) is 8. The first-order valence-corrected chi connectivity index (χ1v) is 17.2. The third kappa shape index (κ3) is 7.80. The number of amidine groups is 2. The van der Waals surface area contributed by atoms with E-state index in [2.05, 4.69) is 41.8 Å². The average molecular weight is 763 g/mol. The quantitative estimate of drug-likeness (QED) is 0.320. The summed E-state index contributed by atoms with van der Waals surface area (Å²) in [4.78, 5) is 9.18. The number of rotatable bonds is 2. The Morgan fingerprint density at radius 2 is 1.05 bits per heavy atom. The summed E-state index contributed by atoms with van der Waals surface area (Å²) in [5.74, 6) is -0.460. The molecular weight excluding hydrogens is 722 g/mol. The molecule has 4 aliphatic rings. The topological polar surface area (TPSA) is 95.2 Å². The molecule has 2 aromatic rings. The van der Waals surface area contributed by atoms with Crippen LogP contribution in [0.1, 0.15) is 70.9 Å². The van der Waals surface area contributed by atoms with E-state index in [1.54, 1.807) is 35.7 Å². The Morgan fingerprint density at radius 1 is 0.698 bits per heavy atom. The highest BCUT2D eigenvalue weighted by Gasteiger charge is 2.47. The minimum atomic E-state index is -0.624. The van der Waals surface area contributed by atoms with E-state index >= 15 is 0 Å². The molecule has 0 aromatic heterocycles. The number of halogens is 4. The van der Waals surface area contributed by atoms with Crippen LogP contribution in [0.5, 0.6) is 0 Å². The van der Waals surface area contributed by atoms with Crippen LogP contribution in [0, 0.1) is 11.6 Å². The molecule has 236 valence electrons. The van der Waals surface area contributed by atoms with Gasteiger partial charge in [-0.3, -0.25) is 9.98 Å². The van der Waals surface area contributed by atoms with Gasteiger partial charge in [0.1, 0.15) is 11.6 Å². The summed E-state index contributed by atoms with van der Waals surface area (Å²) in [6, 6.07) is 10.0. The Morgan fingerprint density at radius 3 is 1.40 bits per heavy atom. The van der Waals surface area contributed by atoms with E-state index in [-0.39, 0.29) is 28.6 Å². The summed E-state index contributed by atoms with van der Waals surface area (Å²) in [7, 11) is 0. The molecule has 0 aliphatic carbocycles. The van der Waals surface area contributed by atoms with E-state index in [0.29, 0.717) is 21.5 Å². The standard InChI is InChI=1S/2C15H18BrFN2OS.CH4/c2*1-14(11-8-10(16)2-3-12(11)17)9-15(21-13(18)19-14)4-6-20-7-5-15;/h2*2-3,8H,4-7,9H2,1H3,(H2,18,19);1H4/t2*14-;/m10./s1. The largest absolute Gasteiger partial charge is 0.381 e. The van der Waals surface area contributed by atoms with Crippen molar-refractivity contribution in [1.82, 2.24) is 0 Å². The first-order valence-electron chi connectivity index (χ1n) is 14.0. The van der Waals surface area contributed by atoms with Crippen LogP contribution in [-0.2, 0) is 20.6 Å². The number of thioether (sulfide) groups is 2. The fraction of sp³-hybridized carbons (Fsp3) is 0.548. The lowest BCUT2D eigenvalue weighted by Crippen LogP contribution is -2.45. The number of benzene rings is 2. The van der Waals surface area contributed by atoms with Gasteiger partial charge in [-0.25, -0.2) is 8.78 Å². The number of ether oxygens (including phenoxy) is 2. The normalized spacial score (nSPS) is 27.8. The van der Waals surface area contributed by atoms with E-state index in [9.17, 15) is 8.78 Å². The van der Waals surface area contributed by atoms with Gasteiger partial charge in [0.2, 0.25) is 0 Å². The van der Waals surface area contributed by atoms with Crippen LogP contribution >= 0.6 is 55.4 Å². The van der Waals surface area contributed by atoms with Gasteiger partial charge in [-0.2, -0.15) is 0 Å². The molecule has 12 heteroatoms. The Kier molecular flexibility index (Phi) is 11.0. The molecule has 0 radical (unpaired) electrons. The Bertz CT molecular complexity index is 1280. The molecule has 4 aliphatic heterocycles. The van der Waals surface area contributed by atoms with Gasteiger partial charge >= 0.3 is 0 Å². The third-order valence-corrected chi connectivity index (χ3v) is 12.1. The molecule has 0 unspecified atom stereocenters. The molecule has 2 atom stereocenters. The van der Waals surface area contributed by atoms with Gasteiger partial charge in [-0.05, 0) is 88.8 Å². The van der Waals surface area contributed by atoms with Crippen LogP contribution in [-0.4, -0.2) is 46.3 Å². The second kappa shape index (κ2) is 13.7. The maximum atomic E-state index is 14.3. The van der Waals surface area contributed by atoms with Gasteiger partial charge in [0.15, 0.2) is 10.3 Å². The highest BCUT2D eigenvalue weighted by Crippen LogP contribution is 2.52. The molecular formula is C31H40Br2F2N4O2S2. The fourth-order valence-electron chi connectivity index (χ4n) is 6.56. The molecule has 6 nitrogen and oxygen atoms in total. The van der Waals surface area contributed by atoms with Gasteiger partial charge in [0, 0.05) is 56.0 Å². The van der Waals surface area contributed by atoms with Crippen LogP contribution < -0.4 is 11.5 Å². The van der Waals surface area contributed by atoms with E-state index in [1.807, 2.05) is 26.0 Å². The molecule has 2 aromatic carbocycles. The third-order valence-electron chi connectivity index (χ3n) is 8.51. The van der Waals surface area contributed by atoms with Crippen LogP contribution in [0.2, 0.25) is 0 Å². The van der Waals surface area contributed by atoms with Crippen molar-refractivity contribution in [1.29, 1.82) is 0 Å². The molecule has 4 heterocycles. The first-order chi connectivity index (χ1) is 19.8. The summed E-state index contributed by atoms with van der Waals surface area (Å²) in [5, 5.41) is 1.09. The number of hydrogen-bond donors (Lipinski definition) is 2. The van der Waals surface area contributed by atoms with Crippen molar-refractivity contribution in [3.63, 3.8) is 0 Å². The van der Waals surface area contributed by atoms with Crippen LogP contribution in [0.3, 0.4) is 0 Å². The van der Waals surface area contributed by atoms with Gasteiger partial charge in [0.05, 0.1) is 11.1 Å². The summed E-state index contributed by atoms with van der Waals surface area (Å²) in [5.41, 5.74) is 12.1. The molecule has 4 N–H and O–H groups in total. The molecule has 2 saturated heterocycles. The van der Waals surface area contributed by atoms with Crippen molar-refractivity contribution in [3.8, 4) is 0 Å². The lowest BCUT2D eigenvalue weighted by atomic mass is 9.79. The zero-order chi connectivity index (χ0) is 30.2. The maximum Gasteiger partial charge on any atom is 0.155 e. The summed E-state index contributed by atoms with van der Waals surface area (Å²) in [6.07, 6.45) is 5.28. The molecule has 0 bridgehead atoms. The maximum absolute atomic E-state index is 14.3. The molecule has 0 saturated carbocycles.